The first-order chi connectivity index (χ1) is 15.6. The van der Waals surface area contributed by atoms with Gasteiger partial charge in [0.25, 0.3) is 0 Å². The van der Waals surface area contributed by atoms with E-state index in [1.807, 2.05) is 60.8 Å². The van der Waals surface area contributed by atoms with Crippen LogP contribution in [-0.4, -0.2) is 40.8 Å². The van der Waals surface area contributed by atoms with E-state index in [-0.39, 0.29) is 25.2 Å². The first kappa shape index (κ1) is 21.7. The zero-order valence-corrected chi connectivity index (χ0v) is 18.0. The number of aromatic nitrogens is 1. The predicted octanol–water partition coefficient (Wildman–Crippen LogP) is 3.46. The van der Waals surface area contributed by atoms with Crippen LogP contribution in [0.25, 0.3) is 10.9 Å². The van der Waals surface area contributed by atoms with E-state index in [0.29, 0.717) is 18.0 Å². The summed E-state index contributed by atoms with van der Waals surface area (Å²) in [5.74, 6) is -0.349. The van der Waals surface area contributed by atoms with Gasteiger partial charge >= 0.3 is 6.09 Å². The van der Waals surface area contributed by atoms with Gasteiger partial charge in [-0.25, -0.2) is 4.79 Å². The molecule has 0 radical (unpaired) electrons. The molecule has 0 saturated carbocycles. The molecule has 2 amide bonds. The molecule has 0 bridgehead atoms. The Balaban J connectivity index is 1.41. The number of amides is 2. The maximum Gasteiger partial charge on any atom is 0.408 e. The molecule has 2 atom stereocenters. The molecule has 1 aliphatic heterocycles. The van der Waals surface area contributed by atoms with Crippen LogP contribution < -0.4 is 10.6 Å². The number of H-pyrrole nitrogens is 1. The van der Waals surface area contributed by atoms with Crippen LogP contribution in [0.3, 0.4) is 0 Å². The molecule has 1 aromatic heterocycles. The molecule has 4 rings (SSSR count). The summed E-state index contributed by atoms with van der Waals surface area (Å²) in [5.41, 5.74) is 2.72. The van der Waals surface area contributed by atoms with Crippen LogP contribution in [0, 0.1) is 0 Å². The zero-order valence-electron chi connectivity index (χ0n) is 17.2. The van der Waals surface area contributed by atoms with Crippen LogP contribution in [0.15, 0.2) is 65.9 Å². The predicted molar refractivity (Wildman–Crippen MR) is 121 cm³/mol. The number of hydrogen-bond donors (Lipinski definition) is 3. The van der Waals surface area contributed by atoms with E-state index < -0.39 is 12.1 Å². The number of hydrogen-bond acceptors (Lipinski definition) is 5. The third kappa shape index (κ3) is 5.59. The molecule has 166 valence electrons. The van der Waals surface area contributed by atoms with Crippen LogP contribution in [0.1, 0.15) is 17.5 Å². The highest BCUT2D eigenvalue weighted by Gasteiger charge is 2.26. The Labute approximate surface area is 189 Å². The monoisotopic (exact) mass is 454 g/mol. The Morgan fingerprint density at radius 2 is 1.97 bits per heavy atom. The van der Waals surface area contributed by atoms with E-state index in [0.717, 1.165) is 22.0 Å². The van der Waals surface area contributed by atoms with Crippen molar-refractivity contribution in [2.24, 2.45) is 5.16 Å². The Bertz CT molecular complexity index is 1120. The lowest BCUT2D eigenvalue weighted by Gasteiger charge is -2.19. The number of benzene rings is 2. The molecule has 0 saturated heterocycles. The van der Waals surface area contributed by atoms with Gasteiger partial charge in [-0.3, -0.25) is 4.79 Å². The van der Waals surface area contributed by atoms with Gasteiger partial charge in [0.1, 0.15) is 17.8 Å². The normalized spacial score (nSPS) is 16.2. The lowest BCUT2D eigenvalue weighted by Crippen LogP contribution is -2.49. The molecule has 8 nitrogen and oxygen atoms in total. The summed E-state index contributed by atoms with van der Waals surface area (Å²) in [6.07, 6.45) is 1.57. The van der Waals surface area contributed by atoms with Crippen molar-refractivity contribution in [3.63, 3.8) is 0 Å². The van der Waals surface area contributed by atoms with Gasteiger partial charge in [-0.15, -0.1) is 0 Å². The summed E-state index contributed by atoms with van der Waals surface area (Å²) in [4.78, 5) is 33.7. The molecule has 0 fully saturated rings. The molecule has 0 aliphatic carbocycles. The Kier molecular flexibility index (Phi) is 6.91. The SMILES string of the molecule is O=C(N[C@@H](Cc1c[nH]c2ccccc12)C(=O)NCC1CC(Cl)=NO1)OCc1ccccc1. The summed E-state index contributed by atoms with van der Waals surface area (Å²) >= 11 is 5.82. The number of nitrogens with one attached hydrogen (secondary N) is 3. The van der Waals surface area contributed by atoms with Crippen molar-refractivity contribution in [2.45, 2.75) is 31.6 Å². The summed E-state index contributed by atoms with van der Waals surface area (Å²) in [7, 11) is 0. The van der Waals surface area contributed by atoms with Gasteiger partial charge < -0.3 is 25.2 Å². The minimum atomic E-state index is -0.838. The van der Waals surface area contributed by atoms with E-state index in [2.05, 4.69) is 20.8 Å². The van der Waals surface area contributed by atoms with Crippen molar-refractivity contribution in [1.29, 1.82) is 0 Å². The van der Waals surface area contributed by atoms with Crippen LogP contribution in [0.5, 0.6) is 0 Å². The topological polar surface area (TPSA) is 105 Å². The maximum absolute atomic E-state index is 12.9. The number of para-hydroxylation sites is 1. The molecular weight excluding hydrogens is 432 g/mol. The number of carbonyl (C=O) groups is 2. The molecule has 1 unspecified atom stereocenters. The fraction of sp³-hybridized carbons (Fsp3) is 0.261. The number of rotatable bonds is 8. The van der Waals surface area contributed by atoms with E-state index >= 15 is 0 Å². The number of halogens is 1. The lowest BCUT2D eigenvalue weighted by molar-refractivity contribution is -0.123. The number of oxime groups is 1. The van der Waals surface area contributed by atoms with Crippen molar-refractivity contribution in [3.05, 3.63) is 71.9 Å². The highest BCUT2D eigenvalue weighted by atomic mass is 35.5. The Morgan fingerprint density at radius 3 is 2.75 bits per heavy atom. The van der Waals surface area contributed by atoms with Crippen molar-refractivity contribution < 1.29 is 19.2 Å². The number of fused-ring (bicyclic) bond motifs is 1. The average Bonchev–Trinajstić information content (AvgIpc) is 3.42. The summed E-state index contributed by atoms with van der Waals surface area (Å²) in [5, 5.41) is 10.5. The van der Waals surface area contributed by atoms with E-state index in [9.17, 15) is 9.59 Å². The third-order valence-electron chi connectivity index (χ3n) is 5.12. The number of aromatic amines is 1. The van der Waals surface area contributed by atoms with E-state index in [4.69, 9.17) is 21.2 Å². The molecule has 2 heterocycles. The van der Waals surface area contributed by atoms with Crippen molar-refractivity contribution in [1.82, 2.24) is 15.6 Å². The second kappa shape index (κ2) is 10.2. The van der Waals surface area contributed by atoms with E-state index in [1.54, 1.807) is 0 Å². The number of nitrogens with zero attached hydrogens (tertiary/aromatic N) is 1. The van der Waals surface area contributed by atoms with Gasteiger partial charge in [0, 0.05) is 29.9 Å². The van der Waals surface area contributed by atoms with Gasteiger partial charge in [0.15, 0.2) is 6.10 Å². The van der Waals surface area contributed by atoms with Gasteiger partial charge in [0.2, 0.25) is 5.91 Å². The first-order valence-electron chi connectivity index (χ1n) is 10.3. The second-order valence-electron chi connectivity index (χ2n) is 7.47. The molecule has 0 spiro atoms. The van der Waals surface area contributed by atoms with Crippen molar-refractivity contribution in [2.75, 3.05) is 6.54 Å². The van der Waals surface area contributed by atoms with Gasteiger partial charge in [-0.05, 0) is 17.2 Å². The lowest BCUT2D eigenvalue weighted by atomic mass is 10.0. The van der Waals surface area contributed by atoms with Crippen LogP contribution in [0.4, 0.5) is 4.79 Å². The minimum absolute atomic E-state index is 0.111. The van der Waals surface area contributed by atoms with Crippen LogP contribution in [0.2, 0.25) is 0 Å². The molecule has 3 N–H and O–H groups in total. The van der Waals surface area contributed by atoms with E-state index in [1.165, 1.54) is 0 Å². The number of carbonyl (C=O) groups excluding carboxylic acids is 2. The average molecular weight is 455 g/mol. The minimum Gasteiger partial charge on any atom is -0.445 e. The van der Waals surface area contributed by atoms with Crippen LogP contribution in [-0.2, 0) is 27.4 Å². The summed E-state index contributed by atoms with van der Waals surface area (Å²) < 4.78 is 5.31. The summed E-state index contributed by atoms with van der Waals surface area (Å²) in [6.45, 7) is 0.337. The highest BCUT2D eigenvalue weighted by Crippen LogP contribution is 2.19. The smallest absolute Gasteiger partial charge is 0.408 e. The number of ether oxygens (including phenoxy) is 1. The number of alkyl carbamates (subject to hydrolysis) is 1. The second-order valence-corrected chi connectivity index (χ2v) is 7.90. The molecule has 9 heteroatoms. The fourth-order valence-corrected chi connectivity index (χ4v) is 3.69. The molecule has 32 heavy (non-hydrogen) atoms. The fourth-order valence-electron chi connectivity index (χ4n) is 3.48. The third-order valence-corrected chi connectivity index (χ3v) is 5.34. The van der Waals surface area contributed by atoms with Crippen LogP contribution >= 0.6 is 11.6 Å². The van der Waals surface area contributed by atoms with Gasteiger partial charge in [-0.2, -0.15) is 0 Å². The van der Waals surface area contributed by atoms with Gasteiger partial charge in [-0.1, -0.05) is 65.3 Å². The largest absolute Gasteiger partial charge is 0.445 e. The highest BCUT2D eigenvalue weighted by molar-refractivity contribution is 6.65. The quantitative estimate of drug-likeness (QED) is 0.484. The maximum atomic E-state index is 12.9. The standard InChI is InChI=1S/C23H23ClN4O4/c24-21-11-17(32-28-21)13-26-22(29)20(10-16-12-25-19-9-5-4-8-18(16)19)27-23(30)31-14-15-6-2-1-3-7-15/h1-9,12,17,20,25H,10-11,13-14H2,(H,26,29)(H,27,30)/t17?,20-/m0/s1. The molecule has 3 aromatic rings. The molecule has 2 aromatic carbocycles. The van der Waals surface area contributed by atoms with Crippen molar-refractivity contribution >= 4 is 39.7 Å². The Hall–Kier alpha value is -3.52. The molecular formula is C23H23ClN4O4. The first-order valence-corrected chi connectivity index (χ1v) is 10.6. The van der Waals surface area contributed by atoms with Crippen molar-refractivity contribution in [3.8, 4) is 0 Å². The van der Waals surface area contributed by atoms with Gasteiger partial charge in [0.05, 0.1) is 6.54 Å². The molecule has 1 aliphatic rings. The summed E-state index contributed by atoms with van der Waals surface area (Å²) in [6, 6.07) is 16.3. The zero-order chi connectivity index (χ0) is 22.3. The Morgan fingerprint density at radius 1 is 1.19 bits per heavy atom.